The Bertz CT molecular complexity index is 370. The summed E-state index contributed by atoms with van der Waals surface area (Å²) in [5.41, 5.74) is 1.90. The van der Waals surface area contributed by atoms with Crippen LogP contribution in [0.1, 0.15) is 0 Å². The third-order valence-electron chi connectivity index (χ3n) is 1.58. The highest BCUT2D eigenvalue weighted by molar-refractivity contribution is 9.10. The molecule has 0 N–H and O–H groups in total. The van der Waals surface area contributed by atoms with E-state index in [9.17, 15) is 0 Å². The van der Waals surface area contributed by atoms with E-state index in [4.69, 9.17) is 4.42 Å². The average Bonchev–Trinajstić information content (AvgIpc) is 2.57. The van der Waals surface area contributed by atoms with Crippen molar-refractivity contribution < 1.29 is 4.42 Å². The average molecular weight is 224 g/mol. The van der Waals surface area contributed by atoms with Gasteiger partial charge in [0.05, 0.1) is 0 Å². The van der Waals surface area contributed by atoms with E-state index in [2.05, 4.69) is 20.9 Å². The van der Waals surface area contributed by atoms with Crippen molar-refractivity contribution in [1.29, 1.82) is 0 Å². The Balaban J connectivity index is 2.55. The number of hydrogen-bond donors (Lipinski definition) is 0. The molecule has 0 aliphatic carbocycles. The predicted octanol–water partition coefficient (Wildman–Crippen LogP) is 3.10. The quantitative estimate of drug-likeness (QED) is 0.743. The highest BCUT2D eigenvalue weighted by Crippen LogP contribution is 2.25. The molecule has 60 valence electrons. The minimum Gasteiger partial charge on any atom is -0.451 e. The first-order valence-electron chi connectivity index (χ1n) is 3.51. The number of oxazole rings is 1. The lowest BCUT2D eigenvalue weighted by atomic mass is 10.2. The van der Waals surface area contributed by atoms with Gasteiger partial charge in [0.1, 0.15) is 12.0 Å². The summed E-state index contributed by atoms with van der Waals surface area (Å²) in [6.45, 7) is 0. The van der Waals surface area contributed by atoms with Crippen LogP contribution in [0.2, 0.25) is 0 Å². The second-order valence-corrected chi connectivity index (χ2v) is 3.21. The number of halogens is 1. The lowest BCUT2D eigenvalue weighted by Crippen LogP contribution is -1.77. The number of rotatable bonds is 1. The molecule has 1 aromatic heterocycles. The Hall–Kier alpha value is -1.09. The Morgan fingerprint density at radius 3 is 2.75 bits per heavy atom. The molecule has 3 heteroatoms. The molecule has 2 rings (SSSR count). The zero-order valence-corrected chi connectivity index (χ0v) is 7.78. The van der Waals surface area contributed by atoms with Gasteiger partial charge in [0.25, 0.3) is 0 Å². The second-order valence-electron chi connectivity index (χ2n) is 2.35. The Morgan fingerprint density at radius 1 is 1.25 bits per heavy atom. The van der Waals surface area contributed by atoms with Gasteiger partial charge in [-0.3, -0.25) is 0 Å². The first-order valence-corrected chi connectivity index (χ1v) is 4.30. The van der Waals surface area contributed by atoms with Crippen LogP contribution in [0.15, 0.2) is 45.8 Å². The molecule has 0 fully saturated rings. The van der Waals surface area contributed by atoms with E-state index in [0.29, 0.717) is 0 Å². The van der Waals surface area contributed by atoms with Crippen molar-refractivity contribution in [2.75, 3.05) is 0 Å². The van der Waals surface area contributed by atoms with E-state index in [1.807, 2.05) is 24.3 Å². The predicted molar refractivity (Wildman–Crippen MR) is 49.6 cm³/mol. The van der Waals surface area contributed by atoms with Crippen molar-refractivity contribution in [2.45, 2.75) is 0 Å². The SMILES string of the molecule is Brc1ccccc1-c1cocn1. The zero-order valence-electron chi connectivity index (χ0n) is 6.20. The lowest BCUT2D eigenvalue weighted by molar-refractivity contribution is 0.558. The van der Waals surface area contributed by atoms with Crippen molar-refractivity contribution >= 4 is 15.9 Å². The summed E-state index contributed by atoms with van der Waals surface area (Å²) in [4.78, 5) is 4.05. The van der Waals surface area contributed by atoms with Gasteiger partial charge in [0.2, 0.25) is 0 Å². The summed E-state index contributed by atoms with van der Waals surface area (Å²) in [6.07, 6.45) is 3.05. The van der Waals surface area contributed by atoms with Crippen molar-refractivity contribution in [3.8, 4) is 11.3 Å². The molecule has 1 aromatic carbocycles. The van der Waals surface area contributed by atoms with Gasteiger partial charge >= 0.3 is 0 Å². The number of benzene rings is 1. The van der Waals surface area contributed by atoms with Crippen molar-refractivity contribution in [3.05, 3.63) is 41.4 Å². The Kier molecular flexibility index (Phi) is 1.96. The summed E-state index contributed by atoms with van der Waals surface area (Å²) in [7, 11) is 0. The van der Waals surface area contributed by atoms with Gasteiger partial charge in [-0.1, -0.05) is 34.1 Å². The number of hydrogen-bond acceptors (Lipinski definition) is 2. The molecule has 0 saturated carbocycles. The molecule has 0 spiro atoms. The van der Waals surface area contributed by atoms with Crippen LogP contribution in [-0.4, -0.2) is 4.98 Å². The highest BCUT2D eigenvalue weighted by atomic mass is 79.9. The van der Waals surface area contributed by atoms with Gasteiger partial charge in [-0.25, -0.2) is 4.98 Å². The molecule has 12 heavy (non-hydrogen) atoms. The molecule has 0 unspecified atom stereocenters. The summed E-state index contributed by atoms with van der Waals surface area (Å²) >= 11 is 3.44. The summed E-state index contributed by atoms with van der Waals surface area (Å²) < 4.78 is 5.92. The molecule has 1 heterocycles. The number of aromatic nitrogens is 1. The fourth-order valence-electron chi connectivity index (χ4n) is 1.01. The standard InChI is InChI=1S/C9H6BrNO/c10-8-4-2-1-3-7(8)9-5-12-6-11-9/h1-6H. The monoisotopic (exact) mass is 223 g/mol. The van der Waals surface area contributed by atoms with Gasteiger partial charge in [0.15, 0.2) is 6.39 Å². The first kappa shape index (κ1) is 7.55. The number of nitrogens with zero attached hydrogens (tertiary/aromatic N) is 1. The van der Waals surface area contributed by atoms with Gasteiger partial charge < -0.3 is 4.42 Å². The molecule has 0 saturated heterocycles. The van der Waals surface area contributed by atoms with Gasteiger partial charge in [-0.15, -0.1) is 0 Å². The van der Waals surface area contributed by atoms with E-state index in [1.165, 1.54) is 6.39 Å². The van der Waals surface area contributed by atoms with Crippen LogP contribution in [0.25, 0.3) is 11.3 Å². The normalized spacial score (nSPS) is 10.1. The summed E-state index contributed by atoms with van der Waals surface area (Å²) in [5.74, 6) is 0. The maximum Gasteiger partial charge on any atom is 0.181 e. The maximum absolute atomic E-state index is 4.89. The summed E-state index contributed by atoms with van der Waals surface area (Å²) in [5, 5.41) is 0. The Labute approximate surface area is 78.4 Å². The van der Waals surface area contributed by atoms with Crippen molar-refractivity contribution in [1.82, 2.24) is 4.98 Å². The van der Waals surface area contributed by atoms with E-state index in [1.54, 1.807) is 6.26 Å². The van der Waals surface area contributed by atoms with Crippen LogP contribution < -0.4 is 0 Å². The molecule has 0 aliphatic heterocycles. The lowest BCUT2D eigenvalue weighted by Gasteiger charge is -1.97. The van der Waals surface area contributed by atoms with E-state index >= 15 is 0 Å². The van der Waals surface area contributed by atoms with Gasteiger partial charge in [-0.2, -0.15) is 0 Å². The van der Waals surface area contributed by atoms with Crippen LogP contribution in [0.4, 0.5) is 0 Å². The highest BCUT2D eigenvalue weighted by Gasteiger charge is 2.03. The third kappa shape index (κ3) is 1.28. The molecular formula is C9H6BrNO. The van der Waals surface area contributed by atoms with Crippen LogP contribution in [0.5, 0.6) is 0 Å². The van der Waals surface area contributed by atoms with Crippen LogP contribution in [-0.2, 0) is 0 Å². The third-order valence-corrected chi connectivity index (χ3v) is 2.27. The molecule has 0 bridgehead atoms. The molecule has 2 aromatic rings. The van der Waals surface area contributed by atoms with Gasteiger partial charge in [-0.05, 0) is 6.07 Å². The Morgan fingerprint density at radius 2 is 2.08 bits per heavy atom. The van der Waals surface area contributed by atoms with Crippen LogP contribution in [0, 0.1) is 0 Å². The van der Waals surface area contributed by atoms with E-state index in [0.717, 1.165) is 15.7 Å². The molecule has 0 amide bonds. The van der Waals surface area contributed by atoms with Crippen molar-refractivity contribution in [2.24, 2.45) is 0 Å². The summed E-state index contributed by atoms with van der Waals surface area (Å²) in [6, 6.07) is 7.90. The van der Waals surface area contributed by atoms with Crippen molar-refractivity contribution in [3.63, 3.8) is 0 Å². The molecule has 0 aliphatic rings. The molecular weight excluding hydrogens is 218 g/mol. The van der Waals surface area contributed by atoms with Crippen LogP contribution >= 0.6 is 15.9 Å². The first-order chi connectivity index (χ1) is 5.88. The van der Waals surface area contributed by atoms with Gasteiger partial charge in [0, 0.05) is 10.0 Å². The maximum atomic E-state index is 4.89. The molecule has 0 radical (unpaired) electrons. The minimum atomic E-state index is 0.850. The van der Waals surface area contributed by atoms with E-state index in [-0.39, 0.29) is 0 Å². The molecule has 2 nitrogen and oxygen atoms in total. The molecule has 0 atom stereocenters. The largest absolute Gasteiger partial charge is 0.451 e. The minimum absolute atomic E-state index is 0.850. The zero-order chi connectivity index (χ0) is 8.39. The smallest absolute Gasteiger partial charge is 0.181 e. The fourth-order valence-corrected chi connectivity index (χ4v) is 1.50. The van der Waals surface area contributed by atoms with E-state index < -0.39 is 0 Å². The topological polar surface area (TPSA) is 26.0 Å². The fraction of sp³-hybridized carbons (Fsp3) is 0. The second kappa shape index (κ2) is 3.11. The van der Waals surface area contributed by atoms with Crippen LogP contribution in [0.3, 0.4) is 0 Å².